The fraction of sp³-hybridized carbons (Fsp3) is 0.409. The average molecular weight is 393 g/mol. The Kier molecular flexibility index (Phi) is 5.49. The molecular formula is C22H27N5O2. The molecular weight excluding hydrogens is 366 g/mol. The second kappa shape index (κ2) is 8.21. The standard InChI is InChI=1S/C22H27N5O2/c1-15-21(16(2)29-25-15)23-22(28)18-9-7-17(8-10-18)14-27-12-5-4-6-20(27)19-11-13-26(3)24-19/h7-11,13,20H,4-6,12,14H2,1-3H3,(H,23,28)/t20-/m1/s1. The highest BCUT2D eigenvalue weighted by molar-refractivity contribution is 6.04. The van der Waals surface area contributed by atoms with Crippen molar-refractivity contribution in [1.29, 1.82) is 0 Å². The van der Waals surface area contributed by atoms with E-state index in [1.807, 2.05) is 49.1 Å². The van der Waals surface area contributed by atoms with Crippen molar-refractivity contribution in [3.63, 3.8) is 0 Å². The van der Waals surface area contributed by atoms with E-state index in [4.69, 9.17) is 4.52 Å². The Labute approximate surface area is 170 Å². The molecule has 29 heavy (non-hydrogen) atoms. The van der Waals surface area contributed by atoms with Crippen LogP contribution in [-0.4, -0.2) is 32.3 Å². The Morgan fingerprint density at radius 2 is 2.00 bits per heavy atom. The number of aryl methyl sites for hydroxylation is 3. The summed E-state index contributed by atoms with van der Waals surface area (Å²) in [7, 11) is 1.96. The molecule has 152 valence electrons. The van der Waals surface area contributed by atoms with E-state index >= 15 is 0 Å². The van der Waals surface area contributed by atoms with Crippen molar-refractivity contribution in [3.05, 3.63) is 64.8 Å². The molecule has 1 aliphatic rings. The Bertz CT molecular complexity index is 970. The van der Waals surface area contributed by atoms with E-state index in [2.05, 4.69) is 26.5 Å². The molecule has 0 unspecified atom stereocenters. The zero-order valence-electron chi connectivity index (χ0n) is 17.2. The molecule has 2 aromatic heterocycles. The van der Waals surface area contributed by atoms with Crippen molar-refractivity contribution in [3.8, 4) is 0 Å². The molecule has 0 saturated carbocycles. The molecule has 1 saturated heterocycles. The smallest absolute Gasteiger partial charge is 0.255 e. The first-order valence-corrected chi connectivity index (χ1v) is 10.1. The van der Waals surface area contributed by atoms with Crippen LogP contribution < -0.4 is 5.32 Å². The number of amides is 1. The van der Waals surface area contributed by atoms with Crippen LogP contribution in [0.3, 0.4) is 0 Å². The first kappa shape index (κ1) is 19.4. The van der Waals surface area contributed by atoms with Crippen LogP contribution in [0.2, 0.25) is 0 Å². The highest BCUT2D eigenvalue weighted by atomic mass is 16.5. The van der Waals surface area contributed by atoms with Gasteiger partial charge >= 0.3 is 0 Å². The quantitative estimate of drug-likeness (QED) is 0.709. The van der Waals surface area contributed by atoms with Gasteiger partial charge in [0.1, 0.15) is 11.4 Å². The van der Waals surface area contributed by atoms with Gasteiger partial charge in [0, 0.05) is 25.4 Å². The number of nitrogens with zero attached hydrogens (tertiary/aromatic N) is 4. The van der Waals surface area contributed by atoms with Gasteiger partial charge in [0.2, 0.25) is 0 Å². The number of nitrogens with one attached hydrogen (secondary N) is 1. The van der Waals surface area contributed by atoms with Crippen LogP contribution in [0.25, 0.3) is 0 Å². The minimum Gasteiger partial charge on any atom is -0.359 e. The molecule has 1 aromatic carbocycles. The van der Waals surface area contributed by atoms with Gasteiger partial charge in [-0.3, -0.25) is 14.4 Å². The lowest BCUT2D eigenvalue weighted by atomic mass is 9.98. The van der Waals surface area contributed by atoms with E-state index < -0.39 is 0 Å². The topological polar surface area (TPSA) is 76.2 Å². The first-order valence-electron chi connectivity index (χ1n) is 10.1. The Morgan fingerprint density at radius 1 is 1.21 bits per heavy atom. The normalized spacial score (nSPS) is 17.4. The summed E-state index contributed by atoms with van der Waals surface area (Å²) in [5, 5.41) is 11.4. The molecule has 0 bridgehead atoms. The van der Waals surface area contributed by atoms with E-state index in [9.17, 15) is 4.79 Å². The molecule has 4 rings (SSSR count). The maximum atomic E-state index is 12.6. The number of benzene rings is 1. The van der Waals surface area contributed by atoms with Crippen LogP contribution >= 0.6 is 0 Å². The van der Waals surface area contributed by atoms with Crippen LogP contribution in [0, 0.1) is 13.8 Å². The number of carbonyl (C=O) groups is 1. The third kappa shape index (κ3) is 4.24. The average Bonchev–Trinajstić information content (AvgIpc) is 3.29. The summed E-state index contributed by atoms with van der Waals surface area (Å²) in [5.41, 5.74) is 4.28. The van der Waals surface area contributed by atoms with Gasteiger partial charge in [0.25, 0.3) is 5.91 Å². The number of hydrogen-bond acceptors (Lipinski definition) is 5. The minimum atomic E-state index is -0.157. The maximum Gasteiger partial charge on any atom is 0.255 e. The molecule has 1 fully saturated rings. The summed E-state index contributed by atoms with van der Waals surface area (Å²) in [6, 6.07) is 10.3. The Hall–Kier alpha value is -2.93. The summed E-state index contributed by atoms with van der Waals surface area (Å²) >= 11 is 0. The number of carbonyl (C=O) groups excluding carboxylic acids is 1. The van der Waals surface area contributed by atoms with Crippen LogP contribution in [-0.2, 0) is 13.6 Å². The van der Waals surface area contributed by atoms with Crippen LogP contribution in [0.5, 0.6) is 0 Å². The molecule has 1 N–H and O–H groups in total. The van der Waals surface area contributed by atoms with Gasteiger partial charge in [-0.05, 0) is 57.0 Å². The summed E-state index contributed by atoms with van der Waals surface area (Å²) in [6.07, 6.45) is 5.59. The van der Waals surface area contributed by atoms with Gasteiger partial charge < -0.3 is 9.84 Å². The summed E-state index contributed by atoms with van der Waals surface area (Å²) in [6.45, 7) is 5.52. The van der Waals surface area contributed by atoms with Crippen molar-refractivity contribution < 1.29 is 9.32 Å². The molecule has 7 heteroatoms. The molecule has 0 spiro atoms. The summed E-state index contributed by atoms with van der Waals surface area (Å²) in [4.78, 5) is 15.0. The molecule has 7 nitrogen and oxygen atoms in total. The lowest BCUT2D eigenvalue weighted by Gasteiger charge is -2.34. The van der Waals surface area contributed by atoms with Crippen molar-refractivity contribution in [2.45, 2.75) is 45.7 Å². The number of anilines is 1. The third-order valence-electron chi connectivity index (χ3n) is 5.56. The SMILES string of the molecule is Cc1noc(C)c1NC(=O)c1ccc(CN2CCCC[C@@H]2c2ccn(C)n2)cc1. The number of piperidine rings is 1. The predicted octanol–water partition coefficient (Wildman–Crippen LogP) is 4.00. The number of likely N-dealkylation sites (tertiary alicyclic amines) is 1. The van der Waals surface area contributed by atoms with Crippen molar-refractivity contribution in [2.75, 3.05) is 11.9 Å². The largest absolute Gasteiger partial charge is 0.359 e. The second-order valence-electron chi connectivity index (χ2n) is 7.75. The lowest BCUT2D eigenvalue weighted by Crippen LogP contribution is -2.33. The number of hydrogen-bond donors (Lipinski definition) is 1. The van der Waals surface area contributed by atoms with Crippen LogP contribution in [0.1, 0.15) is 58.4 Å². The maximum absolute atomic E-state index is 12.6. The van der Waals surface area contributed by atoms with E-state index in [-0.39, 0.29) is 5.91 Å². The molecule has 1 amide bonds. The highest BCUT2D eigenvalue weighted by Gasteiger charge is 2.25. The Morgan fingerprint density at radius 3 is 2.66 bits per heavy atom. The zero-order valence-corrected chi connectivity index (χ0v) is 17.2. The van der Waals surface area contributed by atoms with Gasteiger partial charge in [-0.1, -0.05) is 23.7 Å². The fourth-order valence-electron chi connectivity index (χ4n) is 3.97. The highest BCUT2D eigenvalue weighted by Crippen LogP contribution is 2.31. The van der Waals surface area contributed by atoms with Gasteiger partial charge in [0.05, 0.1) is 11.7 Å². The minimum absolute atomic E-state index is 0.157. The van der Waals surface area contributed by atoms with Crippen LogP contribution in [0.15, 0.2) is 41.1 Å². The van der Waals surface area contributed by atoms with Gasteiger partial charge in [-0.15, -0.1) is 0 Å². The van der Waals surface area contributed by atoms with Gasteiger partial charge in [0.15, 0.2) is 5.76 Å². The van der Waals surface area contributed by atoms with Crippen LogP contribution in [0.4, 0.5) is 5.69 Å². The monoisotopic (exact) mass is 393 g/mol. The van der Waals surface area contributed by atoms with E-state index in [1.54, 1.807) is 6.92 Å². The van der Waals surface area contributed by atoms with Crippen molar-refractivity contribution >= 4 is 11.6 Å². The molecule has 1 atom stereocenters. The van der Waals surface area contributed by atoms with Crippen molar-refractivity contribution in [2.24, 2.45) is 7.05 Å². The van der Waals surface area contributed by atoms with E-state index in [0.717, 1.165) is 25.2 Å². The molecule has 3 heterocycles. The fourth-order valence-corrected chi connectivity index (χ4v) is 3.97. The van der Waals surface area contributed by atoms with Crippen molar-refractivity contribution in [1.82, 2.24) is 19.8 Å². The third-order valence-corrected chi connectivity index (χ3v) is 5.56. The molecule has 0 aliphatic carbocycles. The predicted molar refractivity (Wildman–Crippen MR) is 111 cm³/mol. The number of aromatic nitrogens is 3. The number of rotatable bonds is 5. The molecule has 0 radical (unpaired) electrons. The molecule has 3 aromatic rings. The lowest BCUT2D eigenvalue weighted by molar-refractivity contribution is 0.102. The molecule has 1 aliphatic heterocycles. The zero-order chi connectivity index (χ0) is 20.4. The van der Waals surface area contributed by atoms with Gasteiger partial charge in [-0.25, -0.2) is 0 Å². The first-order chi connectivity index (χ1) is 14.0. The second-order valence-corrected chi connectivity index (χ2v) is 7.75. The Balaban J connectivity index is 1.44. The van der Waals surface area contributed by atoms with E-state index in [1.165, 1.54) is 18.4 Å². The summed E-state index contributed by atoms with van der Waals surface area (Å²) in [5.74, 6) is 0.452. The summed E-state index contributed by atoms with van der Waals surface area (Å²) < 4.78 is 6.98. The van der Waals surface area contributed by atoms with Gasteiger partial charge in [-0.2, -0.15) is 5.10 Å². The van der Waals surface area contributed by atoms with E-state index in [0.29, 0.717) is 28.7 Å².